The van der Waals surface area contributed by atoms with Crippen molar-refractivity contribution in [3.63, 3.8) is 0 Å². The van der Waals surface area contributed by atoms with Gasteiger partial charge >= 0.3 is 6.09 Å². The maximum absolute atomic E-state index is 11.9. The Morgan fingerprint density at radius 3 is 2.45 bits per heavy atom. The Labute approximate surface area is 127 Å². The summed E-state index contributed by atoms with van der Waals surface area (Å²) in [5.41, 5.74) is 6.85. The normalized spacial score (nSPS) is 20.4. The minimum absolute atomic E-state index is 0.183. The van der Waals surface area contributed by atoms with E-state index < -0.39 is 0 Å². The summed E-state index contributed by atoms with van der Waals surface area (Å²) in [6.45, 7) is 1.70. The Bertz CT molecular complexity index is 516. The summed E-state index contributed by atoms with van der Waals surface area (Å²) in [5.74, 6) is 0. The fourth-order valence-corrected chi connectivity index (χ4v) is 3.71. The molecule has 1 heterocycles. The van der Waals surface area contributed by atoms with Crippen molar-refractivity contribution in [3.05, 3.63) is 33.8 Å². The molecule has 6 heteroatoms. The van der Waals surface area contributed by atoms with Crippen LogP contribution in [0.4, 0.5) is 4.79 Å². The van der Waals surface area contributed by atoms with Crippen molar-refractivity contribution in [2.45, 2.75) is 25.5 Å². The lowest BCUT2D eigenvalue weighted by Gasteiger charge is -2.57. The number of halogens is 2. The smallest absolute Gasteiger partial charge is 0.410 e. The predicted octanol–water partition coefficient (Wildman–Crippen LogP) is 3.05. The fourth-order valence-electron chi connectivity index (χ4n) is 3.13. The molecule has 0 aromatic heterocycles. The number of hydrogen-bond donors (Lipinski definition) is 1. The van der Waals surface area contributed by atoms with E-state index in [4.69, 9.17) is 33.7 Å². The maximum Gasteiger partial charge on any atom is 0.410 e. The van der Waals surface area contributed by atoms with Crippen molar-refractivity contribution in [3.8, 4) is 0 Å². The topological polar surface area (TPSA) is 55.6 Å². The molecule has 108 valence electrons. The molecule has 1 saturated carbocycles. The quantitative estimate of drug-likeness (QED) is 0.912. The van der Waals surface area contributed by atoms with E-state index in [-0.39, 0.29) is 18.1 Å². The molecule has 0 atom stereocenters. The molecule has 3 rings (SSSR count). The van der Waals surface area contributed by atoms with E-state index in [2.05, 4.69) is 0 Å². The number of benzene rings is 1. The number of hydrogen-bond acceptors (Lipinski definition) is 3. The number of rotatable bonds is 2. The van der Waals surface area contributed by atoms with Crippen LogP contribution in [0.2, 0.25) is 10.0 Å². The third-order valence-electron chi connectivity index (χ3n) is 3.99. The molecule has 4 nitrogen and oxygen atoms in total. The number of ether oxygens (including phenoxy) is 1. The summed E-state index contributed by atoms with van der Waals surface area (Å²) in [6, 6.07) is 5.43. The van der Waals surface area contributed by atoms with Gasteiger partial charge in [0.25, 0.3) is 0 Å². The molecule has 1 saturated heterocycles. The minimum atomic E-state index is -0.285. The van der Waals surface area contributed by atoms with Crippen LogP contribution >= 0.6 is 23.2 Å². The average molecular weight is 315 g/mol. The molecule has 1 aliphatic carbocycles. The molecule has 2 N–H and O–H groups in total. The van der Waals surface area contributed by atoms with Gasteiger partial charge in [0.1, 0.15) is 6.61 Å². The molecule has 0 radical (unpaired) electrons. The highest BCUT2D eigenvalue weighted by Gasteiger charge is 2.53. The maximum atomic E-state index is 11.9. The van der Waals surface area contributed by atoms with Gasteiger partial charge in [-0.05, 0) is 36.6 Å². The van der Waals surface area contributed by atoms with Crippen molar-refractivity contribution in [2.24, 2.45) is 11.1 Å². The Morgan fingerprint density at radius 1 is 1.30 bits per heavy atom. The van der Waals surface area contributed by atoms with E-state index in [9.17, 15) is 4.79 Å². The molecule has 1 aromatic carbocycles. The van der Waals surface area contributed by atoms with Crippen molar-refractivity contribution >= 4 is 29.3 Å². The largest absolute Gasteiger partial charge is 0.445 e. The van der Waals surface area contributed by atoms with E-state index in [1.165, 1.54) is 0 Å². The van der Waals surface area contributed by atoms with Crippen molar-refractivity contribution in [1.29, 1.82) is 0 Å². The monoisotopic (exact) mass is 314 g/mol. The molecular weight excluding hydrogens is 299 g/mol. The molecule has 2 aliphatic rings. The van der Waals surface area contributed by atoms with Crippen LogP contribution < -0.4 is 5.73 Å². The third-order valence-corrected chi connectivity index (χ3v) is 4.42. The van der Waals surface area contributed by atoms with Gasteiger partial charge in [0.2, 0.25) is 0 Å². The molecule has 1 aromatic rings. The lowest BCUT2D eigenvalue weighted by molar-refractivity contribution is -0.0638. The van der Waals surface area contributed by atoms with Gasteiger partial charge in [-0.25, -0.2) is 4.79 Å². The average Bonchev–Trinajstić information content (AvgIpc) is 2.27. The van der Waals surface area contributed by atoms with Gasteiger partial charge in [-0.15, -0.1) is 0 Å². The van der Waals surface area contributed by atoms with Crippen LogP contribution in [0, 0.1) is 5.41 Å². The van der Waals surface area contributed by atoms with E-state index in [0.717, 1.165) is 31.5 Å². The van der Waals surface area contributed by atoms with E-state index >= 15 is 0 Å². The van der Waals surface area contributed by atoms with E-state index in [1.54, 1.807) is 23.1 Å². The summed E-state index contributed by atoms with van der Waals surface area (Å²) in [4.78, 5) is 13.6. The first-order chi connectivity index (χ1) is 9.46. The van der Waals surface area contributed by atoms with Gasteiger partial charge in [0.15, 0.2) is 0 Å². The zero-order chi connectivity index (χ0) is 14.3. The van der Waals surface area contributed by atoms with Gasteiger partial charge in [-0.2, -0.15) is 0 Å². The minimum Gasteiger partial charge on any atom is -0.445 e. The molecule has 0 bridgehead atoms. The first-order valence-electron chi connectivity index (χ1n) is 6.58. The summed E-state index contributed by atoms with van der Waals surface area (Å²) < 4.78 is 5.27. The van der Waals surface area contributed by atoms with Gasteiger partial charge in [0, 0.05) is 34.6 Å². The summed E-state index contributed by atoms with van der Waals surface area (Å²) >= 11 is 11.8. The highest BCUT2D eigenvalue weighted by atomic mass is 35.5. The van der Waals surface area contributed by atoms with Crippen LogP contribution in [0.5, 0.6) is 0 Å². The number of nitrogens with zero attached hydrogens (tertiary/aromatic N) is 1. The first-order valence-corrected chi connectivity index (χ1v) is 7.34. The standard InChI is InChI=1S/C14H16Cl2N2O2/c15-10-1-9(2-11(16)3-10)6-20-13(19)18-7-14(8-18)4-12(17)5-14/h1-3,12H,4-8,17H2. The predicted molar refractivity (Wildman–Crippen MR) is 77.9 cm³/mol. The van der Waals surface area contributed by atoms with Crippen LogP contribution in [0.25, 0.3) is 0 Å². The van der Waals surface area contributed by atoms with E-state index in [1.807, 2.05) is 0 Å². The van der Waals surface area contributed by atoms with Crippen molar-refractivity contribution in [2.75, 3.05) is 13.1 Å². The number of carbonyl (C=O) groups is 1. The molecule has 20 heavy (non-hydrogen) atoms. The zero-order valence-electron chi connectivity index (χ0n) is 10.9. The number of nitrogens with two attached hydrogens (primary N) is 1. The summed E-state index contributed by atoms with van der Waals surface area (Å²) in [6.07, 6.45) is 1.74. The molecule has 0 unspecified atom stereocenters. The Hall–Kier alpha value is -0.970. The SMILES string of the molecule is NC1CC2(C1)CN(C(=O)OCc1cc(Cl)cc(Cl)c1)C2. The van der Waals surface area contributed by atoms with Gasteiger partial charge in [-0.3, -0.25) is 0 Å². The Morgan fingerprint density at radius 2 is 1.90 bits per heavy atom. The lowest BCUT2D eigenvalue weighted by Crippen LogP contribution is -2.66. The number of amides is 1. The fraction of sp³-hybridized carbons (Fsp3) is 0.500. The van der Waals surface area contributed by atoms with Crippen molar-refractivity contribution < 1.29 is 9.53 Å². The van der Waals surface area contributed by atoms with Crippen LogP contribution in [-0.2, 0) is 11.3 Å². The molecular formula is C14H16Cl2N2O2. The number of carbonyl (C=O) groups excluding carboxylic acids is 1. The summed E-state index contributed by atoms with van der Waals surface area (Å²) in [5, 5.41) is 1.07. The van der Waals surface area contributed by atoms with Crippen LogP contribution in [0.1, 0.15) is 18.4 Å². The second kappa shape index (κ2) is 5.10. The van der Waals surface area contributed by atoms with E-state index in [0.29, 0.717) is 16.1 Å². The highest BCUT2D eigenvalue weighted by molar-refractivity contribution is 6.34. The van der Waals surface area contributed by atoms with Crippen LogP contribution in [-0.4, -0.2) is 30.1 Å². The first kappa shape index (κ1) is 14.0. The Balaban J connectivity index is 1.48. The molecule has 1 aliphatic heterocycles. The highest BCUT2D eigenvalue weighted by Crippen LogP contribution is 2.47. The summed E-state index contributed by atoms with van der Waals surface area (Å²) in [7, 11) is 0. The van der Waals surface area contributed by atoms with Gasteiger partial charge < -0.3 is 15.4 Å². The molecule has 2 fully saturated rings. The van der Waals surface area contributed by atoms with Gasteiger partial charge in [-0.1, -0.05) is 23.2 Å². The Kier molecular flexibility index (Phi) is 3.56. The van der Waals surface area contributed by atoms with Crippen LogP contribution in [0.15, 0.2) is 18.2 Å². The van der Waals surface area contributed by atoms with Crippen molar-refractivity contribution in [1.82, 2.24) is 4.90 Å². The third kappa shape index (κ3) is 2.73. The molecule has 1 amide bonds. The van der Waals surface area contributed by atoms with Gasteiger partial charge in [0.05, 0.1) is 0 Å². The lowest BCUT2D eigenvalue weighted by atomic mass is 9.61. The second-order valence-corrected chi connectivity index (χ2v) is 6.73. The zero-order valence-corrected chi connectivity index (χ0v) is 12.5. The number of likely N-dealkylation sites (tertiary alicyclic amines) is 1. The second-order valence-electron chi connectivity index (χ2n) is 5.86. The van der Waals surface area contributed by atoms with Crippen LogP contribution in [0.3, 0.4) is 0 Å². The molecule has 1 spiro atoms.